The number of halogens is 3. The summed E-state index contributed by atoms with van der Waals surface area (Å²) in [5.74, 6) is 0.862. The Labute approximate surface area is 165 Å². The Balaban J connectivity index is 1.54. The van der Waals surface area contributed by atoms with Gasteiger partial charge in [-0.1, -0.05) is 0 Å². The van der Waals surface area contributed by atoms with Crippen molar-refractivity contribution >= 4 is 17.5 Å². The molecule has 0 spiro atoms. The summed E-state index contributed by atoms with van der Waals surface area (Å²) in [6, 6.07) is 6.18. The molecule has 2 heterocycles. The number of amides is 2. The number of ether oxygens (including phenoxy) is 2. The number of hydrogen-bond acceptors (Lipinski definition) is 6. The standard InChI is InChI=1S/C18H20F3N5O3/c1-12-10-16(26-6-8-28-9-7-26)25-15(23-12)11-22-17(27)24-13-2-4-14(5-3-13)29-18(19,20)21/h2-5,10H,6-9,11H2,1H3,(H2,22,24,27). The van der Waals surface area contributed by atoms with E-state index in [4.69, 9.17) is 4.74 Å². The molecule has 0 aliphatic carbocycles. The molecule has 0 radical (unpaired) electrons. The van der Waals surface area contributed by atoms with Crippen LogP contribution in [-0.4, -0.2) is 48.7 Å². The van der Waals surface area contributed by atoms with Gasteiger partial charge in [0.15, 0.2) is 0 Å². The largest absolute Gasteiger partial charge is 0.573 e. The SMILES string of the molecule is Cc1cc(N2CCOCC2)nc(CNC(=O)Nc2ccc(OC(F)(F)F)cc2)n1. The third kappa shape index (κ3) is 6.49. The molecule has 0 saturated carbocycles. The lowest BCUT2D eigenvalue weighted by Gasteiger charge is -2.28. The number of hydrogen-bond donors (Lipinski definition) is 2. The summed E-state index contributed by atoms with van der Waals surface area (Å²) in [6.07, 6.45) is -4.76. The molecule has 11 heteroatoms. The summed E-state index contributed by atoms with van der Waals surface area (Å²) >= 11 is 0. The fourth-order valence-corrected chi connectivity index (χ4v) is 2.72. The smallest absolute Gasteiger partial charge is 0.406 e. The van der Waals surface area contributed by atoms with Crippen LogP contribution in [0.4, 0.5) is 29.5 Å². The first-order valence-corrected chi connectivity index (χ1v) is 8.86. The molecule has 1 aliphatic rings. The third-order valence-electron chi connectivity index (χ3n) is 3.97. The number of carbonyl (C=O) groups excluding carboxylic acids is 1. The molecule has 156 valence electrons. The average Bonchev–Trinajstić information content (AvgIpc) is 2.67. The molecule has 1 aromatic heterocycles. The highest BCUT2D eigenvalue weighted by Gasteiger charge is 2.30. The maximum Gasteiger partial charge on any atom is 0.573 e. The Bertz CT molecular complexity index is 840. The monoisotopic (exact) mass is 411 g/mol. The Morgan fingerprint density at radius 3 is 2.55 bits per heavy atom. The van der Waals surface area contributed by atoms with Crippen LogP contribution in [-0.2, 0) is 11.3 Å². The number of urea groups is 1. The number of aromatic nitrogens is 2. The van der Waals surface area contributed by atoms with Crippen LogP contribution in [0, 0.1) is 6.92 Å². The second-order valence-corrected chi connectivity index (χ2v) is 6.26. The van der Waals surface area contributed by atoms with E-state index >= 15 is 0 Å². The van der Waals surface area contributed by atoms with Gasteiger partial charge in [-0.25, -0.2) is 14.8 Å². The fourth-order valence-electron chi connectivity index (χ4n) is 2.72. The number of anilines is 2. The van der Waals surface area contributed by atoms with Gasteiger partial charge >= 0.3 is 12.4 Å². The molecular formula is C18H20F3N5O3. The molecule has 1 aromatic carbocycles. The first-order chi connectivity index (χ1) is 13.8. The molecule has 2 aromatic rings. The van der Waals surface area contributed by atoms with E-state index in [-0.39, 0.29) is 12.3 Å². The van der Waals surface area contributed by atoms with E-state index in [0.717, 1.165) is 36.7 Å². The van der Waals surface area contributed by atoms with Crippen LogP contribution in [0.5, 0.6) is 5.75 Å². The van der Waals surface area contributed by atoms with Crippen LogP contribution in [0.15, 0.2) is 30.3 Å². The van der Waals surface area contributed by atoms with E-state index in [1.54, 1.807) is 0 Å². The van der Waals surface area contributed by atoms with E-state index in [0.29, 0.717) is 24.7 Å². The van der Waals surface area contributed by atoms with Crippen LogP contribution in [0.3, 0.4) is 0 Å². The summed E-state index contributed by atoms with van der Waals surface area (Å²) in [5.41, 5.74) is 1.09. The van der Waals surface area contributed by atoms with Crippen molar-refractivity contribution in [2.45, 2.75) is 19.8 Å². The topological polar surface area (TPSA) is 88.6 Å². The van der Waals surface area contributed by atoms with Gasteiger partial charge in [0, 0.05) is 30.5 Å². The number of morpholine rings is 1. The molecular weight excluding hydrogens is 391 g/mol. The van der Waals surface area contributed by atoms with Gasteiger partial charge in [0.25, 0.3) is 0 Å². The number of benzene rings is 1. The molecule has 1 saturated heterocycles. The third-order valence-corrected chi connectivity index (χ3v) is 3.97. The second-order valence-electron chi connectivity index (χ2n) is 6.26. The highest BCUT2D eigenvalue weighted by Crippen LogP contribution is 2.24. The minimum atomic E-state index is -4.76. The normalized spacial score (nSPS) is 14.4. The lowest BCUT2D eigenvalue weighted by Crippen LogP contribution is -2.37. The molecule has 0 atom stereocenters. The van der Waals surface area contributed by atoms with Gasteiger partial charge in [-0.05, 0) is 31.2 Å². The second kappa shape index (κ2) is 8.95. The minimum absolute atomic E-state index is 0.0973. The van der Waals surface area contributed by atoms with Gasteiger partial charge in [0.2, 0.25) is 0 Å². The first-order valence-electron chi connectivity index (χ1n) is 8.86. The maximum absolute atomic E-state index is 12.2. The predicted octanol–water partition coefficient (Wildman–Crippen LogP) is 2.84. The van der Waals surface area contributed by atoms with Crippen molar-refractivity contribution in [2.75, 3.05) is 36.5 Å². The molecule has 2 amide bonds. The molecule has 1 fully saturated rings. The molecule has 8 nitrogen and oxygen atoms in total. The van der Waals surface area contributed by atoms with Crippen LogP contribution in [0.1, 0.15) is 11.5 Å². The van der Waals surface area contributed by atoms with Crippen LogP contribution in [0.25, 0.3) is 0 Å². The van der Waals surface area contributed by atoms with E-state index in [1.807, 2.05) is 13.0 Å². The predicted molar refractivity (Wildman–Crippen MR) is 98.8 cm³/mol. The van der Waals surface area contributed by atoms with E-state index in [1.165, 1.54) is 12.1 Å². The minimum Gasteiger partial charge on any atom is -0.406 e. The number of nitrogens with zero attached hydrogens (tertiary/aromatic N) is 3. The molecule has 0 unspecified atom stereocenters. The number of alkyl halides is 3. The number of rotatable bonds is 5. The first kappa shape index (κ1) is 20.6. The van der Waals surface area contributed by atoms with Gasteiger partial charge in [-0.15, -0.1) is 13.2 Å². The lowest BCUT2D eigenvalue weighted by molar-refractivity contribution is -0.274. The van der Waals surface area contributed by atoms with Crippen molar-refractivity contribution in [1.82, 2.24) is 15.3 Å². The van der Waals surface area contributed by atoms with E-state index < -0.39 is 12.4 Å². The summed E-state index contributed by atoms with van der Waals surface area (Å²) in [7, 11) is 0. The molecule has 0 bridgehead atoms. The average molecular weight is 411 g/mol. The zero-order valence-electron chi connectivity index (χ0n) is 15.6. The summed E-state index contributed by atoms with van der Waals surface area (Å²) in [6.45, 7) is 4.67. The zero-order valence-corrected chi connectivity index (χ0v) is 15.6. The number of nitrogens with one attached hydrogen (secondary N) is 2. The molecule has 3 rings (SSSR count). The van der Waals surface area contributed by atoms with Crippen LogP contribution < -0.4 is 20.3 Å². The Kier molecular flexibility index (Phi) is 6.37. The number of carbonyl (C=O) groups is 1. The van der Waals surface area contributed by atoms with Gasteiger partial charge in [0.05, 0.1) is 19.8 Å². The van der Waals surface area contributed by atoms with Crippen LogP contribution in [0.2, 0.25) is 0 Å². The maximum atomic E-state index is 12.2. The van der Waals surface area contributed by atoms with Gasteiger partial charge in [-0.2, -0.15) is 0 Å². The van der Waals surface area contributed by atoms with Gasteiger partial charge < -0.3 is 25.0 Å². The molecule has 29 heavy (non-hydrogen) atoms. The highest BCUT2D eigenvalue weighted by atomic mass is 19.4. The van der Waals surface area contributed by atoms with Crippen molar-refractivity contribution in [3.63, 3.8) is 0 Å². The highest BCUT2D eigenvalue weighted by molar-refractivity contribution is 5.89. The van der Waals surface area contributed by atoms with Crippen molar-refractivity contribution in [2.24, 2.45) is 0 Å². The quantitative estimate of drug-likeness (QED) is 0.787. The summed E-state index contributed by atoms with van der Waals surface area (Å²) < 4.78 is 45.6. The van der Waals surface area contributed by atoms with E-state index in [9.17, 15) is 18.0 Å². The fraction of sp³-hybridized carbons (Fsp3) is 0.389. The zero-order chi connectivity index (χ0) is 20.9. The van der Waals surface area contributed by atoms with Gasteiger partial charge in [-0.3, -0.25) is 0 Å². The summed E-state index contributed by atoms with van der Waals surface area (Å²) in [4.78, 5) is 22.9. The number of aryl methyl sites for hydroxylation is 1. The van der Waals surface area contributed by atoms with Crippen molar-refractivity contribution in [3.8, 4) is 5.75 Å². The molecule has 1 aliphatic heterocycles. The van der Waals surface area contributed by atoms with E-state index in [2.05, 4.69) is 30.2 Å². The Morgan fingerprint density at radius 1 is 1.21 bits per heavy atom. The van der Waals surface area contributed by atoms with Crippen molar-refractivity contribution < 1.29 is 27.4 Å². The van der Waals surface area contributed by atoms with Crippen molar-refractivity contribution in [3.05, 3.63) is 41.9 Å². The van der Waals surface area contributed by atoms with Crippen LogP contribution >= 0.6 is 0 Å². The Morgan fingerprint density at radius 2 is 1.90 bits per heavy atom. The lowest BCUT2D eigenvalue weighted by atomic mass is 10.3. The summed E-state index contributed by atoms with van der Waals surface area (Å²) in [5, 5.41) is 5.15. The molecule has 2 N–H and O–H groups in total. The van der Waals surface area contributed by atoms with Gasteiger partial charge in [0.1, 0.15) is 17.4 Å². The van der Waals surface area contributed by atoms with Crippen molar-refractivity contribution in [1.29, 1.82) is 0 Å². The Hall–Kier alpha value is -3.08.